The molecule has 178 valence electrons. The molecule has 2 aromatic carbocycles. The molecule has 6 nitrogen and oxygen atoms in total. The third kappa shape index (κ3) is 6.57. The fraction of sp³-hybridized carbons (Fsp3) is 0.481. The average molecular weight is 452 g/mol. The van der Waals surface area contributed by atoms with E-state index in [4.69, 9.17) is 4.74 Å². The minimum atomic E-state index is -0.271. The number of hydrogen-bond acceptors (Lipinski definition) is 4. The fourth-order valence-electron chi connectivity index (χ4n) is 4.30. The molecule has 1 saturated heterocycles. The fourth-order valence-corrected chi connectivity index (χ4v) is 4.30. The second kappa shape index (κ2) is 11.3. The first-order valence-corrected chi connectivity index (χ1v) is 11.9. The molecule has 1 unspecified atom stereocenters. The van der Waals surface area contributed by atoms with Crippen LogP contribution >= 0.6 is 0 Å². The Morgan fingerprint density at radius 2 is 1.85 bits per heavy atom. The molecule has 1 heterocycles. The van der Waals surface area contributed by atoms with Gasteiger partial charge in [-0.25, -0.2) is 0 Å². The lowest BCUT2D eigenvalue weighted by Gasteiger charge is -2.36. The lowest BCUT2D eigenvalue weighted by atomic mass is 10.0. The monoisotopic (exact) mass is 451 g/mol. The Bertz CT molecular complexity index is 967. The molecule has 2 aromatic rings. The number of amides is 2. The Labute approximate surface area is 197 Å². The van der Waals surface area contributed by atoms with Crippen LogP contribution in [-0.2, 0) is 16.0 Å². The van der Waals surface area contributed by atoms with Crippen molar-refractivity contribution in [1.82, 2.24) is 9.80 Å². The zero-order chi connectivity index (χ0) is 24.0. The van der Waals surface area contributed by atoms with Gasteiger partial charge in [0.15, 0.2) is 0 Å². The zero-order valence-corrected chi connectivity index (χ0v) is 20.6. The molecular formula is C27H37N3O3. The van der Waals surface area contributed by atoms with Crippen molar-refractivity contribution in [3.8, 4) is 5.75 Å². The van der Waals surface area contributed by atoms with Gasteiger partial charge >= 0.3 is 0 Å². The molecule has 6 heteroatoms. The summed E-state index contributed by atoms with van der Waals surface area (Å²) in [5.74, 6) is 0.732. The van der Waals surface area contributed by atoms with Crippen molar-refractivity contribution >= 4 is 17.5 Å². The molecule has 1 atom stereocenters. The number of hydrogen-bond donors (Lipinski definition) is 1. The van der Waals surface area contributed by atoms with Crippen LogP contribution in [0.25, 0.3) is 0 Å². The number of benzene rings is 2. The molecule has 1 aliphatic heterocycles. The molecule has 0 radical (unpaired) electrons. The van der Waals surface area contributed by atoms with E-state index in [1.165, 1.54) is 10.5 Å². The molecule has 2 amide bonds. The number of likely N-dealkylation sites (tertiary alicyclic amines) is 1. The van der Waals surface area contributed by atoms with Crippen LogP contribution in [0.1, 0.15) is 43.4 Å². The number of piperidine rings is 1. The van der Waals surface area contributed by atoms with E-state index in [0.29, 0.717) is 0 Å². The normalized spacial score (nSPS) is 15.7. The highest BCUT2D eigenvalue weighted by Gasteiger charge is 2.29. The van der Waals surface area contributed by atoms with E-state index >= 15 is 0 Å². The van der Waals surface area contributed by atoms with Gasteiger partial charge < -0.3 is 15.0 Å². The van der Waals surface area contributed by atoms with Crippen molar-refractivity contribution in [1.29, 1.82) is 0 Å². The van der Waals surface area contributed by atoms with E-state index in [9.17, 15) is 9.59 Å². The Morgan fingerprint density at radius 3 is 2.55 bits per heavy atom. The molecule has 33 heavy (non-hydrogen) atoms. The first-order chi connectivity index (χ1) is 15.8. The molecule has 0 aromatic heterocycles. The smallest absolute Gasteiger partial charge is 0.243 e. The molecule has 0 bridgehead atoms. The van der Waals surface area contributed by atoms with Crippen molar-refractivity contribution in [2.24, 2.45) is 0 Å². The summed E-state index contributed by atoms with van der Waals surface area (Å²) in [5, 5.41) is 2.94. The number of nitrogens with one attached hydrogen (secondary N) is 1. The van der Waals surface area contributed by atoms with E-state index in [-0.39, 0.29) is 30.5 Å². The maximum Gasteiger partial charge on any atom is 0.243 e. The second-order valence-corrected chi connectivity index (χ2v) is 9.05. The minimum Gasteiger partial charge on any atom is -0.490 e. The summed E-state index contributed by atoms with van der Waals surface area (Å²) in [6, 6.07) is 13.8. The van der Waals surface area contributed by atoms with Crippen LogP contribution in [0.5, 0.6) is 5.75 Å². The summed E-state index contributed by atoms with van der Waals surface area (Å²) in [4.78, 5) is 29.2. The number of ether oxygens (including phenoxy) is 1. The molecule has 0 spiro atoms. The summed E-state index contributed by atoms with van der Waals surface area (Å²) >= 11 is 0. The van der Waals surface area contributed by atoms with Crippen molar-refractivity contribution in [2.45, 2.75) is 59.1 Å². The van der Waals surface area contributed by atoms with Crippen LogP contribution in [0, 0.1) is 13.8 Å². The van der Waals surface area contributed by atoms with Crippen molar-refractivity contribution in [3.63, 3.8) is 0 Å². The van der Waals surface area contributed by atoms with E-state index < -0.39 is 0 Å². The largest absolute Gasteiger partial charge is 0.490 e. The van der Waals surface area contributed by atoms with Crippen molar-refractivity contribution < 1.29 is 14.3 Å². The van der Waals surface area contributed by atoms with Crippen LogP contribution in [-0.4, -0.2) is 60.4 Å². The van der Waals surface area contributed by atoms with Crippen LogP contribution in [0.4, 0.5) is 5.69 Å². The lowest BCUT2D eigenvalue weighted by molar-refractivity contribution is -0.138. The summed E-state index contributed by atoms with van der Waals surface area (Å²) < 4.78 is 6.26. The van der Waals surface area contributed by atoms with Gasteiger partial charge in [-0.15, -0.1) is 0 Å². The Hall–Kier alpha value is -2.86. The molecule has 3 rings (SSSR count). The maximum atomic E-state index is 13.0. The standard InChI is InChI=1S/C27H37N3O3/c1-6-22-9-7-8-10-24(22)28-26(31)18-29(5)27(32)21(4)30-15-13-23(14-16-30)33-25-17-19(2)11-12-20(25)3/h7-12,17,21,23H,6,13-16,18H2,1-5H3,(H,28,31). The maximum absolute atomic E-state index is 13.0. The third-order valence-corrected chi connectivity index (χ3v) is 6.45. The van der Waals surface area contributed by atoms with Gasteiger partial charge in [0.1, 0.15) is 11.9 Å². The molecule has 1 N–H and O–H groups in total. The number of nitrogens with zero attached hydrogens (tertiary/aromatic N) is 2. The predicted molar refractivity (Wildman–Crippen MR) is 133 cm³/mol. The van der Waals surface area contributed by atoms with E-state index in [1.54, 1.807) is 7.05 Å². The van der Waals surface area contributed by atoms with Gasteiger partial charge in [-0.2, -0.15) is 0 Å². The highest BCUT2D eigenvalue weighted by atomic mass is 16.5. The molecule has 1 fully saturated rings. The van der Waals surface area contributed by atoms with Crippen molar-refractivity contribution in [2.75, 3.05) is 32.0 Å². The molecule has 1 aliphatic rings. The van der Waals surface area contributed by atoms with Gasteiger partial charge in [-0.1, -0.05) is 37.3 Å². The van der Waals surface area contributed by atoms with Gasteiger partial charge in [-0.05, 0) is 68.9 Å². The summed E-state index contributed by atoms with van der Waals surface area (Å²) in [6.45, 7) is 9.75. The first-order valence-electron chi connectivity index (χ1n) is 11.9. The quantitative estimate of drug-likeness (QED) is 0.654. The van der Waals surface area contributed by atoms with E-state index in [1.807, 2.05) is 31.2 Å². The number of aryl methyl sites for hydroxylation is 3. The molecule has 0 saturated carbocycles. The Kier molecular flexibility index (Phi) is 8.50. The number of likely N-dealkylation sites (N-methyl/N-ethyl adjacent to an activating group) is 1. The topological polar surface area (TPSA) is 61.9 Å². The van der Waals surface area contributed by atoms with Gasteiger partial charge in [-0.3, -0.25) is 14.5 Å². The van der Waals surface area contributed by atoms with E-state index in [0.717, 1.165) is 54.9 Å². The van der Waals surface area contributed by atoms with E-state index in [2.05, 4.69) is 49.2 Å². The molecular weight excluding hydrogens is 414 g/mol. The molecule has 0 aliphatic carbocycles. The second-order valence-electron chi connectivity index (χ2n) is 9.05. The summed E-state index contributed by atoms with van der Waals surface area (Å²) in [6.07, 6.45) is 2.75. The number of para-hydroxylation sites is 1. The number of carbonyl (C=O) groups is 2. The zero-order valence-electron chi connectivity index (χ0n) is 20.6. The van der Waals surface area contributed by atoms with Gasteiger partial charge in [0.05, 0.1) is 12.6 Å². The highest BCUT2D eigenvalue weighted by molar-refractivity contribution is 5.95. The third-order valence-electron chi connectivity index (χ3n) is 6.45. The lowest BCUT2D eigenvalue weighted by Crippen LogP contribution is -2.51. The van der Waals surface area contributed by atoms with Gasteiger partial charge in [0, 0.05) is 25.8 Å². The van der Waals surface area contributed by atoms with Crippen LogP contribution in [0.3, 0.4) is 0 Å². The first kappa shape index (κ1) is 24.8. The van der Waals surface area contributed by atoms with Gasteiger partial charge in [0.25, 0.3) is 0 Å². The number of anilines is 1. The van der Waals surface area contributed by atoms with Gasteiger partial charge in [0.2, 0.25) is 11.8 Å². The van der Waals surface area contributed by atoms with Crippen LogP contribution in [0.15, 0.2) is 42.5 Å². The van der Waals surface area contributed by atoms with Crippen LogP contribution < -0.4 is 10.1 Å². The Balaban J connectivity index is 1.48. The van der Waals surface area contributed by atoms with Crippen LogP contribution in [0.2, 0.25) is 0 Å². The predicted octanol–water partition coefficient (Wildman–Crippen LogP) is 4.19. The summed E-state index contributed by atoms with van der Waals surface area (Å²) in [7, 11) is 1.69. The Morgan fingerprint density at radius 1 is 1.15 bits per heavy atom. The minimum absolute atomic E-state index is 0.0352. The number of carbonyl (C=O) groups excluding carboxylic acids is 2. The van der Waals surface area contributed by atoms with Crippen molar-refractivity contribution in [3.05, 3.63) is 59.2 Å². The summed E-state index contributed by atoms with van der Waals surface area (Å²) in [5.41, 5.74) is 4.23. The highest BCUT2D eigenvalue weighted by Crippen LogP contribution is 2.24. The number of rotatable bonds is 8. The average Bonchev–Trinajstić information content (AvgIpc) is 2.81. The SMILES string of the molecule is CCc1ccccc1NC(=O)CN(C)C(=O)C(C)N1CCC(Oc2cc(C)ccc2C)CC1.